The standard InChI is InChI=1S/C22H25N5O2S/c1-15-9-11-17(12-10-15)20-19(13-27(26-20)18-7-5-4-6-8-18)21(28)24-25-22(30)23-16(2)14-29-3/h4-13,16H,14H2,1-3H3,(H,24,28)(H2,23,25,30)/t16-/m0/s1. The molecule has 1 atom stereocenters. The van der Waals surface area contributed by atoms with Gasteiger partial charge >= 0.3 is 0 Å². The monoisotopic (exact) mass is 423 g/mol. The summed E-state index contributed by atoms with van der Waals surface area (Å²) in [5.41, 5.74) is 9.26. The van der Waals surface area contributed by atoms with Gasteiger partial charge in [0.05, 0.1) is 17.9 Å². The summed E-state index contributed by atoms with van der Waals surface area (Å²) in [6.07, 6.45) is 1.71. The average molecular weight is 424 g/mol. The van der Waals surface area contributed by atoms with Crippen LogP contribution in [0.1, 0.15) is 22.8 Å². The molecule has 7 nitrogen and oxygen atoms in total. The quantitative estimate of drug-likeness (QED) is 0.418. The molecule has 30 heavy (non-hydrogen) atoms. The van der Waals surface area contributed by atoms with Crippen molar-refractivity contribution in [2.45, 2.75) is 19.9 Å². The van der Waals surface area contributed by atoms with E-state index in [1.54, 1.807) is 18.0 Å². The molecule has 0 bridgehead atoms. The average Bonchev–Trinajstić information content (AvgIpc) is 3.19. The summed E-state index contributed by atoms with van der Waals surface area (Å²) in [7, 11) is 1.62. The number of thiocarbonyl (C=S) groups is 1. The van der Waals surface area contributed by atoms with Gasteiger partial charge in [-0.05, 0) is 38.2 Å². The number of benzene rings is 2. The third kappa shape index (κ3) is 5.43. The first-order chi connectivity index (χ1) is 14.5. The summed E-state index contributed by atoms with van der Waals surface area (Å²) in [6, 6.07) is 17.6. The Kier molecular flexibility index (Phi) is 7.16. The number of para-hydroxylation sites is 1. The first kappa shape index (κ1) is 21.5. The normalized spacial score (nSPS) is 11.6. The molecule has 0 spiro atoms. The smallest absolute Gasteiger partial charge is 0.273 e. The Labute approximate surface area is 181 Å². The number of nitrogens with zero attached hydrogens (tertiary/aromatic N) is 2. The van der Waals surface area contributed by atoms with E-state index in [9.17, 15) is 4.79 Å². The lowest BCUT2D eigenvalue weighted by Crippen LogP contribution is -2.50. The molecule has 3 aromatic rings. The lowest BCUT2D eigenvalue weighted by atomic mass is 10.1. The molecule has 3 rings (SSSR count). The Balaban J connectivity index is 1.83. The Hall–Kier alpha value is -3.23. The van der Waals surface area contributed by atoms with Crippen molar-refractivity contribution < 1.29 is 9.53 Å². The summed E-state index contributed by atoms with van der Waals surface area (Å²) in [5, 5.41) is 8.00. The van der Waals surface area contributed by atoms with Crippen LogP contribution < -0.4 is 16.2 Å². The molecule has 3 N–H and O–H groups in total. The Morgan fingerprint density at radius 1 is 1.13 bits per heavy atom. The van der Waals surface area contributed by atoms with Gasteiger partial charge in [0, 0.05) is 24.9 Å². The van der Waals surface area contributed by atoms with Gasteiger partial charge < -0.3 is 10.1 Å². The zero-order valence-corrected chi connectivity index (χ0v) is 18.0. The summed E-state index contributed by atoms with van der Waals surface area (Å²) in [6.45, 7) is 4.44. The van der Waals surface area contributed by atoms with Crippen molar-refractivity contribution in [1.82, 2.24) is 25.9 Å². The van der Waals surface area contributed by atoms with Crippen LogP contribution in [0.15, 0.2) is 60.8 Å². The molecule has 156 valence electrons. The van der Waals surface area contributed by atoms with Gasteiger partial charge in [0.15, 0.2) is 5.11 Å². The number of ether oxygens (including phenoxy) is 1. The zero-order valence-electron chi connectivity index (χ0n) is 17.2. The SMILES string of the molecule is COC[C@H](C)NC(=S)NNC(=O)c1cn(-c2ccccc2)nc1-c1ccc(C)cc1. The highest BCUT2D eigenvalue weighted by Crippen LogP contribution is 2.24. The van der Waals surface area contributed by atoms with Crippen LogP contribution in [0.4, 0.5) is 0 Å². The molecular formula is C22H25N5O2S. The number of aryl methyl sites for hydroxylation is 1. The fourth-order valence-electron chi connectivity index (χ4n) is 2.91. The third-order valence-corrected chi connectivity index (χ3v) is 4.61. The molecule has 0 saturated carbocycles. The van der Waals surface area contributed by atoms with Crippen molar-refractivity contribution in [3.63, 3.8) is 0 Å². The summed E-state index contributed by atoms with van der Waals surface area (Å²) >= 11 is 5.22. The van der Waals surface area contributed by atoms with Gasteiger partial charge in [-0.15, -0.1) is 0 Å². The van der Waals surface area contributed by atoms with Gasteiger partial charge in [0.1, 0.15) is 5.69 Å². The van der Waals surface area contributed by atoms with E-state index in [0.29, 0.717) is 23.0 Å². The van der Waals surface area contributed by atoms with Crippen LogP contribution in [0.2, 0.25) is 0 Å². The highest BCUT2D eigenvalue weighted by Gasteiger charge is 2.19. The van der Waals surface area contributed by atoms with Crippen LogP contribution in [0.5, 0.6) is 0 Å². The lowest BCUT2D eigenvalue weighted by molar-refractivity contribution is 0.0944. The van der Waals surface area contributed by atoms with Gasteiger partial charge in [-0.1, -0.05) is 48.0 Å². The second-order valence-electron chi connectivity index (χ2n) is 6.95. The summed E-state index contributed by atoms with van der Waals surface area (Å²) in [5.74, 6) is -0.337. The summed E-state index contributed by atoms with van der Waals surface area (Å²) < 4.78 is 6.76. The number of rotatable bonds is 6. The van der Waals surface area contributed by atoms with Gasteiger partial charge in [0.25, 0.3) is 5.91 Å². The Morgan fingerprint density at radius 3 is 2.50 bits per heavy atom. The van der Waals surface area contributed by atoms with E-state index in [0.717, 1.165) is 16.8 Å². The van der Waals surface area contributed by atoms with Crippen molar-refractivity contribution >= 4 is 23.2 Å². The maximum Gasteiger partial charge on any atom is 0.273 e. The van der Waals surface area contributed by atoms with Crippen LogP contribution in [-0.4, -0.2) is 40.6 Å². The van der Waals surface area contributed by atoms with E-state index in [1.165, 1.54) is 0 Å². The number of hydrogen-bond donors (Lipinski definition) is 3. The molecule has 8 heteroatoms. The van der Waals surface area contributed by atoms with Crippen LogP contribution in [0, 0.1) is 6.92 Å². The molecule has 0 aliphatic rings. The lowest BCUT2D eigenvalue weighted by Gasteiger charge is -2.16. The van der Waals surface area contributed by atoms with Gasteiger partial charge in [-0.3, -0.25) is 15.6 Å². The molecule has 1 aromatic heterocycles. The van der Waals surface area contributed by atoms with E-state index >= 15 is 0 Å². The minimum Gasteiger partial charge on any atom is -0.383 e. The van der Waals surface area contributed by atoms with E-state index in [4.69, 9.17) is 17.0 Å². The maximum absolute atomic E-state index is 12.9. The van der Waals surface area contributed by atoms with Gasteiger partial charge in [-0.25, -0.2) is 4.68 Å². The topological polar surface area (TPSA) is 80.2 Å². The van der Waals surface area contributed by atoms with E-state index < -0.39 is 0 Å². The van der Waals surface area contributed by atoms with Gasteiger partial charge in [-0.2, -0.15) is 5.10 Å². The second kappa shape index (κ2) is 10.00. The molecule has 2 aromatic carbocycles. The van der Waals surface area contributed by atoms with Gasteiger partial charge in [0.2, 0.25) is 0 Å². The largest absolute Gasteiger partial charge is 0.383 e. The highest BCUT2D eigenvalue weighted by molar-refractivity contribution is 7.80. The third-order valence-electron chi connectivity index (χ3n) is 4.39. The highest BCUT2D eigenvalue weighted by atomic mass is 32.1. The molecule has 1 amide bonds. The molecule has 0 saturated heterocycles. The first-order valence-corrected chi connectivity index (χ1v) is 9.96. The van der Waals surface area contributed by atoms with Crippen LogP contribution in [0.3, 0.4) is 0 Å². The number of carbonyl (C=O) groups excluding carboxylic acids is 1. The zero-order chi connectivity index (χ0) is 21.5. The number of carbonyl (C=O) groups is 1. The Morgan fingerprint density at radius 2 is 1.83 bits per heavy atom. The molecule has 0 fully saturated rings. The van der Waals surface area contributed by atoms with E-state index in [1.807, 2.05) is 68.4 Å². The minimum absolute atomic E-state index is 0.0100. The predicted octanol–water partition coefficient (Wildman–Crippen LogP) is 2.99. The van der Waals surface area contributed by atoms with Crippen LogP contribution >= 0.6 is 12.2 Å². The van der Waals surface area contributed by atoms with Crippen molar-refractivity contribution in [3.05, 3.63) is 71.9 Å². The molecule has 1 heterocycles. The fraction of sp³-hybridized carbons (Fsp3) is 0.227. The van der Waals surface area contributed by atoms with E-state index in [-0.39, 0.29) is 11.9 Å². The molecule has 0 aliphatic heterocycles. The number of methoxy groups -OCH3 is 1. The second-order valence-corrected chi connectivity index (χ2v) is 7.35. The number of amides is 1. The van der Waals surface area contributed by atoms with Crippen LogP contribution in [-0.2, 0) is 4.74 Å². The van der Waals surface area contributed by atoms with Crippen molar-refractivity contribution in [1.29, 1.82) is 0 Å². The minimum atomic E-state index is -0.337. The number of hydrogen-bond acceptors (Lipinski definition) is 4. The molecule has 0 unspecified atom stereocenters. The molecular weight excluding hydrogens is 398 g/mol. The number of hydrazine groups is 1. The first-order valence-electron chi connectivity index (χ1n) is 9.56. The Bertz CT molecular complexity index is 1000. The maximum atomic E-state index is 12.9. The number of aromatic nitrogens is 2. The number of nitrogens with one attached hydrogen (secondary N) is 3. The molecule has 0 radical (unpaired) electrons. The van der Waals surface area contributed by atoms with E-state index in [2.05, 4.69) is 21.3 Å². The fourth-order valence-corrected chi connectivity index (χ4v) is 3.16. The summed E-state index contributed by atoms with van der Waals surface area (Å²) in [4.78, 5) is 12.9. The van der Waals surface area contributed by atoms with Crippen molar-refractivity contribution in [2.24, 2.45) is 0 Å². The molecule has 0 aliphatic carbocycles. The van der Waals surface area contributed by atoms with Crippen LogP contribution in [0.25, 0.3) is 16.9 Å². The van der Waals surface area contributed by atoms with Crippen molar-refractivity contribution in [3.8, 4) is 16.9 Å². The predicted molar refractivity (Wildman–Crippen MR) is 121 cm³/mol. The van der Waals surface area contributed by atoms with Crippen molar-refractivity contribution in [2.75, 3.05) is 13.7 Å².